The third kappa shape index (κ3) is 4.96. The Labute approximate surface area is 277 Å². The first-order valence-electron chi connectivity index (χ1n) is 16.8. The zero-order valence-electron chi connectivity index (χ0n) is 26.6. The summed E-state index contributed by atoms with van der Waals surface area (Å²) in [7, 11) is 0. The van der Waals surface area contributed by atoms with Crippen LogP contribution in [0.25, 0.3) is 32.8 Å². The normalized spacial score (nSPS) is 24.1. The number of hydrogen-bond acceptors (Lipinski definition) is 9. The van der Waals surface area contributed by atoms with Crippen LogP contribution in [0, 0.1) is 29.4 Å². The highest BCUT2D eigenvalue weighted by atomic mass is 19.1. The maximum absolute atomic E-state index is 16.9. The molecule has 2 bridgehead atoms. The van der Waals surface area contributed by atoms with Gasteiger partial charge in [-0.15, -0.1) is 6.42 Å². The second-order valence-corrected chi connectivity index (χ2v) is 14.3. The molecule has 4 saturated heterocycles. The van der Waals surface area contributed by atoms with E-state index in [-0.39, 0.29) is 44.9 Å². The van der Waals surface area contributed by atoms with Gasteiger partial charge in [0, 0.05) is 60.0 Å². The number of fused-ring (bicyclic) bond motifs is 4. The Balaban J connectivity index is 1.11. The molecule has 1 aromatic heterocycles. The lowest BCUT2D eigenvalue weighted by Crippen LogP contribution is -2.68. The van der Waals surface area contributed by atoms with Crippen LogP contribution in [0.15, 0.2) is 36.4 Å². The number of nitrogens with zero attached hydrogens (tertiary/aromatic N) is 4. The fraction of sp³-hybridized carbons (Fsp3) is 0.459. The van der Waals surface area contributed by atoms with E-state index in [9.17, 15) is 9.50 Å². The zero-order valence-corrected chi connectivity index (χ0v) is 26.6. The fourth-order valence-electron chi connectivity index (χ4n) is 8.15. The Hall–Kier alpha value is -4.08. The highest BCUT2D eigenvalue weighted by Gasteiger charge is 2.52. The Morgan fingerprint density at radius 1 is 1.02 bits per heavy atom. The van der Waals surface area contributed by atoms with Crippen molar-refractivity contribution < 1.29 is 28.1 Å². The van der Waals surface area contributed by atoms with Crippen molar-refractivity contribution in [1.82, 2.24) is 20.2 Å². The Morgan fingerprint density at radius 3 is 2.54 bits per heavy atom. The number of rotatable bonds is 7. The first kappa shape index (κ1) is 30.0. The monoisotopic (exact) mass is 653 g/mol. The van der Waals surface area contributed by atoms with Crippen LogP contribution in [0.5, 0.6) is 11.8 Å². The van der Waals surface area contributed by atoms with E-state index in [0.29, 0.717) is 67.1 Å². The minimum absolute atomic E-state index is 0.0101. The van der Waals surface area contributed by atoms with Gasteiger partial charge in [-0.25, -0.2) is 8.78 Å². The van der Waals surface area contributed by atoms with E-state index in [2.05, 4.69) is 26.0 Å². The van der Waals surface area contributed by atoms with Gasteiger partial charge in [-0.1, -0.05) is 18.1 Å². The molecule has 0 amide bonds. The molecule has 1 aliphatic carbocycles. The standard InChI is InChI=1S/C37H37F2N5O4/c1-2-26-30(38)8-3-22-13-25(45)14-29(31(22)26)27-6-7-28-33(32(27)39)41-35(42-34(28)43-15-23-4-5-24(16-43)40-23)48-18-36(9-10-36)17-44-11-12-46-19-37(44)20-47-21-37/h1,3,6-8,13-14,23-24,40,45H,4-5,9-12,15-21H2. The van der Waals surface area contributed by atoms with Crippen LogP contribution in [0.2, 0.25) is 0 Å². The summed E-state index contributed by atoms with van der Waals surface area (Å²) in [6, 6.07) is 9.95. The first-order valence-corrected chi connectivity index (χ1v) is 16.8. The third-order valence-corrected chi connectivity index (χ3v) is 11.0. The number of anilines is 1. The van der Waals surface area contributed by atoms with Gasteiger partial charge >= 0.3 is 6.01 Å². The highest BCUT2D eigenvalue weighted by Crippen LogP contribution is 2.48. The van der Waals surface area contributed by atoms with Crippen molar-refractivity contribution in [1.29, 1.82) is 0 Å². The summed E-state index contributed by atoms with van der Waals surface area (Å²) in [6.07, 6.45) is 9.95. The van der Waals surface area contributed by atoms with Crippen molar-refractivity contribution in [3.63, 3.8) is 0 Å². The van der Waals surface area contributed by atoms with E-state index in [1.165, 1.54) is 24.3 Å². The van der Waals surface area contributed by atoms with Gasteiger partial charge in [0.2, 0.25) is 0 Å². The van der Waals surface area contributed by atoms with Crippen molar-refractivity contribution in [3.8, 4) is 35.2 Å². The van der Waals surface area contributed by atoms with Crippen molar-refractivity contribution in [2.75, 3.05) is 64.1 Å². The van der Waals surface area contributed by atoms with Gasteiger partial charge in [0.15, 0.2) is 5.82 Å². The summed E-state index contributed by atoms with van der Waals surface area (Å²) in [5, 5.41) is 15.7. The van der Waals surface area contributed by atoms with Crippen LogP contribution >= 0.6 is 0 Å². The summed E-state index contributed by atoms with van der Waals surface area (Å²) >= 11 is 0. The molecule has 2 atom stereocenters. The van der Waals surface area contributed by atoms with Crippen molar-refractivity contribution in [2.45, 2.75) is 43.3 Å². The second-order valence-electron chi connectivity index (χ2n) is 14.3. The summed E-state index contributed by atoms with van der Waals surface area (Å²) in [5.74, 6) is 1.78. The SMILES string of the molecule is C#Cc1c(F)ccc2cc(O)cc(-c3ccc4c(N5CC6CCC(C5)N6)nc(OCC5(CN6CCOCC67COC7)CC5)nc4c3F)c12. The molecule has 9 nitrogen and oxygen atoms in total. The average molecular weight is 654 g/mol. The summed E-state index contributed by atoms with van der Waals surface area (Å²) < 4.78 is 49.6. The van der Waals surface area contributed by atoms with E-state index in [0.717, 1.165) is 51.9 Å². The van der Waals surface area contributed by atoms with Crippen LogP contribution < -0.4 is 15.0 Å². The van der Waals surface area contributed by atoms with Gasteiger partial charge in [-0.2, -0.15) is 9.97 Å². The molecule has 2 unspecified atom stereocenters. The molecule has 48 heavy (non-hydrogen) atoms. The quantitative estimate of drug-likeness (QED) is 0.278. The average Bonchev–Trinajstić information content (AvgIpc) is 3.76. The Bertz CT molecular complexity index is 1980. The number of ether oxygens (including phenoxy) is 3. The molecule has 1 spiro atoms. The van der Waals surface area contributed by atoms with Gasteiger partial charge in [-0.05, 0) is 60.9 Å². The number of benzene rings is 3. The predicted octanol–water partition coefficient (Wildman–Crippen LogP) is 4.62. The van der Waals surface area contributed by atoms with Gasteiger partial charge in [0.05, 0.1) is 44.1 Å². The molecule has 1 saturated carbocycles. The lowest BCUT2D eigenvalue weighted by atomic mass is 9.92. The Kier molecular flexibility index (Phi) is 7.03. The second kappa shape index (κ2) is 11.2. The number of terminal acetylenes is 1. The van der Waals surface area contributed by atoms with E-state index in [1.807, 2.05) is 6.07 Å². The van der Waals surface area contributed by atoms with E-state index >= 15 is 4.39 Å². The summed E-state index contributed by atoms with van der Waals surface area (Å²) in [4.78, 5) is 14.3. The topological polar surface area (TPSA) is 92.2 Å². The maximum Gasteiger partial charge on any atom is 0.319 e. The summed E-state index contributed by atoms with van der Waals surface area (Å²) in [6.45, 7) is 6.39. The molecule has 5 aliphatic rings. The van der Waals surface area contributed by atoms with E-state index in [1.54, 1.807) is 6.07 Å². The maximum atomic E-state index is 16.9. The van der Waals surface area contributed by atoms with Gasteiger partial charge in [-0.3, -0.25) is 4.90 Å². The van der Waals surface area contributed by atoms with Crippen LogP contribution in [0.4, 0.5) is 14.6 Å². The van der Waals surface area contributed by atoms with Crippen LogP contribution in [0.3, 0.4) is 0 Å². The lowest BCUT2D eigenvalue weighted by molar-refractivity contribution is -0.201. The van der Waals surface area contributed by atoms with Crippen LogP contribution in [0.1, 0.15) is 31.2 Å². The molecule has 9 rings (SSSR count). The summed E-state index contributed by atoms with van der Waals surface area (Å²) in [5.41, 5.74) is 0.466. The molecule has 248 valence electrons. The number of phenolic OH excluding ortho intramolecular Hbond substituents is 1. The van der Waals surface area contributed by atoms with E-state index in [4.69, 9.17) is 25.6 Å². The zero-order chi connectivity index (χ0) is 32.6. The number of aromatic nitrogens is 2. The highest BCUT2D eigenvalue weighted by molar-refractivity contribution is 6.04. The molecule has 5 fully saturated rings. The number of morpholine rings is 1. The largest absolute Gasteiger partial charge is 0.508 e. The first-order chi connectivity index (χ1) is 23.3. The van der Waals surface area contributed by atoms with Crippen LogP contribution in [-0.2, 0) is 9.47 Å². The smallest absolute Gasteiger partial charge is 0.319 e. The van der Waals surface area contributed by atoms with Crippen molar-refractivity contribution in [3.05, 3.63) is 53.6 Å². The minimum atomic E-state index is -0.611. The fourth-order valence-corrected chi connectivity index (χ4v) is 8.15. The molecule has 11 heteroatoms. The van der Waals surface area contributed by atoms with E-state index < -0.39 is 11.6 Å². The molecule has 5 heterocycles. The molecule has 4 aliphatic heterocycles. The molecule has 2 N–H and O–H groups in total. The minimum Gasteiger partial charge on any atom is -0.508 e. The number of halogens is 2. The third-order valence-electron chi connectivity index (χ3n) is 11.0. The van der Waals surface area contributed by atoms with Gasteiger partial charge in [0.25, 0.3) is 0 Å². The number of nitrogens with one attached hydrogen (secondary N) is 1. The molecular formula is C37H37F2N5O4. The number of hydrogen-bond donors (Lipinski definition) is 2. The molecular weight excluding hydrogens is 616 g/mol. The van der Waals surface area contributed by atoms with Crippen molar-refractivity contribution in [2.24, 2.45) is 5.41 Å². The number of phenols is 1. The van der Waals surface area contributed by atoms with Crippen molar-refractivity contribution >= 4 is 27.5 Å². The lowest BCUT2D eigenvalue weighted by Gasteiger charge is -2.52. The Morgan fingerprint density at radius 2 is 1.81 bits per heavy atom. The molecule has 0 radical (unpaired) electrons. The number of piperazine rings is 1. The van der Waals surface area contributed by atoms with Gasteiger partial charge in [0.1, 0.15) is 22.9 Å². The molecule has 4 aromatic rings. The number of aromatic hydroxyl groups is 1. The molecule has 3 aromatic carbocycles. The predicted molar refractivity (Wildman–Crippen MR) is 177 cm³/mol. The van der Waals surface area contributed by atoms with Gasteiger partial charge < -0.3 is 29.5 Å². The van der Waals surface area contributed by atoms with Crippen LogP contribution in [-0.4, -0.2) is 96.8 Å².